The van der Waals surface area contributed by atoms with Crippen molar-refractivity contribution in [2.45, 2.75) is 32.6 Å². The Bertz CT molecular complexity index is 1150. The van der Waals surface area contributed by atoms with E-state index in [1.165, 1.54) is 4.90 Å². The zero-order chi connectivity index (χ0) is 24.0. The lowest BCUT2D eigenvalue weighted by molar-refractivity contribution is -0.139. The highest BCUT2D eigenvalue weighted by atomic mass is 79.9. The zero-order valence-electron chi connectivity index (χ0n) is 18.8. The van der Waals surface area contributed by atoms with E-state index >= 15 is 0 Å². The van der Waals surface area contributed by atoms with E-state index in [9.17, 15) is 19.2 Å². The highest BCUT2D eigenvalue weighted by molar-refractivity contribution is 9.10. The second kappa shape index (κ2) is 8.98. The smallest absolute Gasteiger partial charge is 0.316 e. The molecule has 2 aliphatic heterocycles. The number of nitrogens with zero attached hydrogens (tertiary/aromatic N) is 2. The Morgan fingerprint density at radius 2 is 1.56 bits per heavy atom. The highest BCUT2D eigenvalue weighted by Crippen LogP contribution is 2.42. The van der Waals surface area contributed by atoms with Crippen molar-refractivity contribution in [1.29, 1.82) is 0 Å². The summed E-state index contributed by atoms with van der Waals surface area (Å²) < 4.78 is 6.43. The molecule has 8 heteroatoms. The number of anilines is 2. The van der Waals surface area contributed by atoms with Crippen LogP contribution in [0, 0.1) is 23.7 Å². The van der Waals surface area contributed by atoms with E-state index in [1.807, 2.05) is 24.3 Å². The lowest BCUT2D eigenvalue weighted by atomic mass is 9.76. The van der Waals surface area contributed by atoms with Crippen LogP contribution in [-0.2, 0) is 19.2 Å². The minimum absolute atomic E-state index is 0.0883. The van der Waals surface area contributed by atoms with E-state index in [2.05, 4.69) is 22.9 Å². The Kier molecular flexibility index (Phi) is 6.02. The largest absolute Gasteiger partial charge is 0.426 e. The molecule has 0 unspecified atom stereocenters. The molecule has 0 bridgehead atoms. The first kappa shape index (κ1) is 22.8. The lowest BCUT2D eigenvalue weighted by Gasteiger charge is -2.25. The lowest BCUT2D eigenvalue weighted by Crippen LogP contribution is -2.30. The summed E-state index contributed by atoms with van der Waals surface area (Å²) >= 11 is 3.37. The number of carbonyl (C=O) groups is 4. The number of esters is 1. The third kappa shape index (κ3) is 4.15. The summed E-state index contributed by atoms with van der Waals surface area (Å²) in [6.45, 7) is 2.38. The molecule has 3 fully saturated rings. The zero-order valence-corrected chi connectivity index (χ0v) is 20.4. The van der Waals surface area contributed by atoms with Gasteiger partial charge in [0.1, 0.15) is 5.75 Å². The summed E-state index contributed by atoms with van der Waals surface area (Å²) in [5.41, 5.74) is 1.23. The summed E-state index contributed by atoms with van der Waals surface area (Å²) in [6, 6.07) is 13.8. The van der Waals surface area contributed by atoms with E-state index in [1.54, 1.807) is 29.2 Å². The van der Waals surface area contributed by atoms with Gasteiger partial charge in [0.15, 0.2) is 0 Å². The van der Waals surface area contributed by atoms with Crippen LogP contribution in [0.4, 0.5) is 11.4 Å². The molecule has 2 aromatic carbocycles. The average Bonchev–Trinajstić information content (AvgIpc) is 3.32. The summed E-state index contributed by atoms with van der Waals surface area (Å²) in [5.74, 6) is -1.14. The minimum atomic E-state index is -0.567. The molecule has 0 radical (unpaired) electrons. The number of hydrogen-bond donors (Lipinski definition) is 0. The van der Waals surface area contributed by atoms with Crippen LogP contribution >= 0.6 is 15.9 Å². The first-order valence-corrected chi connectivity index (χ1v) is 12.4. The molecule has 1 saturated carbocycles. The van der Waals surface area contributed by atoms with Gasteiger partial charge in [-0.15, -0.1) is 0 Å². The van der Waals surface area contributed by atoms with Gasteiger partial charge in [0, 0.05) is 23.1 Å². The molecule has 34 heavy (non-hydrogen) atoms. The maximum Gasteiger partial charge on any atom is 0.316 e. The molecule has 1 aliphatic carbocycles. The summed E-state index contributed by atoms with van der Waals surface area (Å²) in [7, 11) is 0. The van der Waals surface area contributed by atoms with Gasteiger partial charge in [0.05, 0.1) is 23.4 Å². The number of amides is 3. The van der Waals surface area contributed by atoms with Crippen molar-refractivity contribution in [1.82, 2.24) is 0 Å². The quantitative estimate of drug-likeness (QED) is 0.337. The Morgan fingerprint density at radius 1 is 0.912 bits per heavy atom. The van der Waals surface area contributed by atoms with Gasteiger partial charge in [0.25, 0.3) is 0 Å². The molecule has 0 spiro atoms. The Hall–Kier alpha value is -3.00. The van der Waals surface area contributed by atoms with Crippen LogP contribution < -0.4 is 14.5 Å². The van der Waals surface area contributed by atoms with Gasteiger partial charge in [-0.25, -0.2) is 0 Å². The second-order valence-electron chi connectivity index (χ2n) is 9.44. The van der Waals surface area contributed by atoms with Gasteiger partial charge >= 0.3 is 5.97 Å². The second-order valence-corrected chi connectivity index (χ2v) is 10.4. The molecule has 4 atom stereocenters. The third-order valence-electron chi connectivity index (χ3n) is 7.10. The van der Waals surface area contributed by atoms with Crippen molar-refractivity contribution in [2.24, 2.45) is 23.7 Å². The molecule has 2 aromatic rings. The van der Waals surface area contributed by atoms with E-state index in [0.29, 0.717) is 17.4 Å². The summed E-state index contributed by atoms with van der Waals surface area (Å²) in [5, 5.41) is 0. The molecule has 3 amide bonds. The predicted molar refractivity (Wildman–Crippen MR) is 129 cm³/mol. The van der Waals surface area contributed by atoms with Crippen LogP contribution in [-0.4, -0.2) is 30.2 Å². The van der Waals surface area contributed by atoms with E-state index in [0.717, 1.165) is 29.4 Å². The van der Waals surface area contributed by atoms with Gasteiger partial charge in [-0.05, 0) is 73.7 Å². The van der Waals surface area contributed by atoms with Crippen molar-refractivity contribution in [3.05, 3.63) is 53.0 Å². The van der Waals surface area contributed by atoms with Crippen LogP contribution in [0.25, 0.3) is 0 Å². The monoisotopic (exact) mass is 524 g/mol. The van der Waals surface area contributed by atoms with E-state index < -0.39 is 11.9 Å². The Labute approximate surface area is 206 Å². The number of fused-ring (bicyclic) bond motifs is 1. The fourth-order valence-electron chi connectivity index (χ4n) is 5.24. The third-order valence-corrected chi connectivity index (χ3v) is 7.63. The van der Waals surface area contributed by atoms with Crippen LogP contribution in [0.3, 0.4) is 0 Å². The van der Waals surface area contributed by atoms with Crippen molar-refractivity contribution < 1.29 is 23.9 Å². The van der Waals surface area contributed by atoms with Crippen molar-refractivity contribution in [3.63, 3.8) is 0 Å². The molecular formula is C26H25BrN2O5. The average molecular weight is 525 g/mol. The molecule has 176 valence electrons. The highest BCUT2D eigenvalue weighted by Gasteiger charge is 2.50. The van der Waals surface area contributed by atoms with Crippen LogP contribution in [0.15, 0.2) is 53.0 Å². The topological polar surface area (TPSA) is 84.0 Å². The van der Waals surface area contributed by atoms with E-state index in [4.69, 9.17) is 4.74 Å². The number of benzene rings is 2. The van der Waals surface area contributed by atoms with Gasteiger partial charge in [-0.1, -0.05) is 22.9 Å². The molecular weight excluding hydrogens is 500 g/mol. The fraction of sp³-hybridized carbons (Fsp3) is 0.385. The molecule has 0 N–H and O–H groups in total. The number of carbonyl (C=O) groups excluding carboxylic acids is 4. The Balaban J connectivity index is 1.24. The van der Waals surface area contributed by atoms with Crippen LogP contribution in [0.2, 0.25) is 0 Å². The first-order valence-electron chi connectivity index (χ1n) is 11.6. The molecule has 7 nitrogen and oxygen atoms in total. The molecule has 5 rings (SSSR count). The van der Waals surface area contributed by atoms with Gasteiger partial charge < -0.3 is 9.64 Å². The van der Waals surface area contributed by atoms with Crippen LogP contribution in [0.5, 0.6) is 5.75 Å². The van der Waals surface area contributed by atoms with Crippen LogP contribution in [0.1, 0.15) is 32.6 Å². The molecule has 0 aromatic heterocycles. The standard InChI is InChI=1S/C26H25BrN2O5/c1-15-2-11-21-22(12-15)25(32)29(24(21)31)19-7-9-20(10-8-19)34-26(33)16-13-23(30)28(14-16)18-5-3-17(27)4-6-18/h3-10,15-16,21-22H,2,11-14H2,1H3/t15-,16-,21+,22+/m1/s1. The normalized spacial score (nSPS) is 26.7. The number of imide groups is 1. The summed E-state index contributed by atoms with van der Waals surface area (Å²) in [4.78, 5) is 53.8. The number of hydrogen-bond acceptors (Lipinski definition) is 5. The van der Waals surface area contributed by atoms with Gasteiger partial charge in [0.2, 0.25) is 17.7 Å². The fourth-order valence-corrected chi connectivity index (χ4v) is 5.51. The number of halogens is 1. The van der Waals surface area contributed by atoms with Gasteiger partial charge in [-0.3, -0.25) is 24.1 Å². The number of rotatable bonds is 4. The molecule has 2 saturated heterocycles. The first-order chi connectivity index (χ1) is 16.3. The molecule has 2 heterocycles. The van der Waals surface area contributed by atoms with Crippen molar-refractivity contribution in [2.75, 3.05) is 16.3 Å². The predicted octanol–water partition coefficient (Wildman–Crippen LogP) is 4.33. The maximum absolute atomic E-state index is 12.9. The molecule has 3 aliphatic rings. The summed E-state index contributed by atoms with van der Waals surface area (Å²) in [6.07, 6.45) is 2.55. The SMILES string of the molecule is C[C@@H]1CC[C@@H]2C(=O)N(c3ccc(OC(=O)[C@@H]4CC(=O)N(c5ccc(Br)cc5)C4)cc3)C(=O)[C@H]2C1. The van der Waals surface area contributed by atoms with Crippen molar-refractivity contribution >= 4 is 51.0 Å². The van der Waals surface area contributed by atoms with Gasteiger partial charge in [-0.2, -0.15) is 0 Å². The maximum atomic E-state index is 12.9. The minimum Gasteiger partial charge on any atom is -0.426 e. The van der Waals surface area contributed by atoms with Crippen molar-refractivity contribution in [3.8, 4) is 5.75 Å². The number of ether oxygens (including phenoxy) is 1. The van der Waals surface area contributed by atoms with E-state index in [-0.39, 0.29) is 42.5 Å². The Morgan fingerprint density at radius 3 is 2.26 bits per heavy atom.